The van der Waals surface area contributed by atoms with E-state index in [1.165, 1.54) is 4.90 Å². The highest BCUT2D eigenvalue weighted by Crippen LogP contribution is 2.65. The molecule has 4 aliphatic rings. The minimum atomic E-state index is -1.07. The fourth-order valence-corrected chi connectivity index (χ4v) is 6.40. The van der Waals surface area contributed by atoms with Crippen LogP contribution in [0.4, 0.5) is 5.69 Å². The predicted molar refractivity (Wildman–Crippen MR) is 117 cm³/mol. The van der Waals surface area contributed by atoms with Crippen molar-refractivity contribution in [2.45, 2.75) is 17.7 Å². The van der Waals surface area contributed by atoms with Crippen LogP contribution in [0, 0.1) is 18.8 Å². The molecular formula is C25H17Cl2NO2. The minimum absolute atomic E-state index is 0.189. The van der Waals surface area contributed by atoms with Crippen molar-refractivity contribution in [3.05, 3.63) is 99.6 Å². The van der Waals surface area contributed by atoms with Crippen molar-refractivity contribution in [1.82, 2.24) is 0 Å². The number of imide groups is 1. The Balaban J connectivity index is 1.60. The van der Waals surface area contributed by atoms with Gasteiger partial charge in [-0.05, 0) is 46.9 Å². The molecule has 3 nitrogen and oxygen atoms in total. The van der Waals surface area contributed by atoms with Gasteiger partial charge in [0, 0.05) is 10.9 Å². The van der Waals surface area contributed by atoms with E-state index in [1.807, 2.05) is 61.5 Å². The molecule has 7 rings (SSSR count). The van der Waals surface area contributed by atoms with Crippen LogP contribution in [0.1, 0.15) is 33.7 Å². The van der Waals surface area contributed by atoms with Gasteiger partial charge in [-0.2, -0.15) is 0 Å². The Morgan fingerprint density at radius 2 is 1.47 bits per heavy atom. The second-order valence-electron chi connectivity index (χ2n) is 8.31. The van der Waals surface area contributed by atoms with E-state index in [-0.39, 0.29) is 17.7 Å². The number of alkyl halides is 1. The van der Waals surface area contributed by atoms with Gasteiger partial charge in [-0.15, -0.1) is 11.6 Å². The number of carbonyl (C=O) groups is 2. The van der Waals surface area contributed by atoms with E-state index in [0.717, 1.165) is 27.8 Å². The molecule has 1 saturated heterocycles. The number of rotatable bonds is 1. The van der Waals surface area contributed by atoms with E-state index < -0.39 is 16.7 Å². The van der Waals surface area contributed by atoms with Crippen molar-refractivity contribution < 1.29 is 9.59 Å². The largest absolute Gasteiger partial charge is 0.274 e. The zero-order chi connectivity index (χ0) is 20.8. The van der Waals surface area contributed by atoms with Gasteiger partial charge in [0.1, 0.15) is 4.87 Å². The lowest BCUT2D eigenvalue weighted by molar-refractivity contribution is -0.122. The van der Waals surface area contributed by atoms with Gasteiger partial charge in [0.05, 0.1) is 17.5 Å². The van der Waals surface area contributed by atoms with E-state index in [1.54, 1.807) is 12.1 Å². The molecule has 0 spiro atoms. The third-order valence-electron chi connectivity index (χ3n) is 6.93. The molecule has 3 aromatic rings. The molecule has 0 unspecified atom stereocenters. The first-order valence-electron chi connectivity index (χ1n) is 9.96. The molecule has 1 fully saturated rings. The Bertz CT molecular complexity index is 1220. The lowest BCUT2D eigenvalue weighted by atomic mass is 9.54. The van der Waals surface area contributed by atoms with Crippen LogP contribution in [0.2, 0.25) is 5.02 Å². The number of anilines is 1. The summed E-state index contributed by atoms with van der Waals surface area (Å²) in [6.45, 7) is 1.89. The molecule has 148 valence electrons. The van der Waals surface area contributed by atoms with Crippen LogP contribution in [0.5, 0.6) is 0 Å². The maximum absolute atomic E-state index is 13.7. The molecular weight excluding hydrogens is 417 g/mol. The number of aryl methyl sites for hydroxylation is 1. The molecule has 2 bridgehead atoms. The molecule has 3 aromatic carbocycles. The van der Waals surface area contributed by atoms with Crippen LogP contribution in [0.15, 0.2) is 66.7 Å². The predicted octanol–water partition coefficient (Wildman–Crippen LogP) is 5.40. The third kappa shape index (κ3) is 2.02. The monoisotopic (exact) mass is 433 g/mol. The number of benzene rings is 3. The number of halogens is 2. The molecule has 0 N–H and O–H groups in total. The average Bonchev–Trinajstić information content (AvgIpc) is 3.02. The van der Waals surface area contributed by atoms with Gasteiger partial charge < -0.3 is 0 Å². The van der Waals surface area contributed by atoms with E-state index in [0.29, 0.717) is 10.7 Å². The van der Waals surface area contributed by atoms with Crippen molar-refractivity contribution >= 4 is 40.7 Å². The molecule has 0 saturated carbocycles. The molecule has 3 aliphatic carbocycles. The normalized spacial score (nSPS) is 28.4. The zero-order valence-electron chi connectivity index (χ0n) is 16.1. The first kappa shape index (κ1) is 18.2. The highest BCUT2D eigenvalue weighted by Gasteiger charge is 2.67. The fourth-order valence-electron chi connectivity index (χ4n) is 5.65. The Morgan fingerprint density at radius 3 is 2.07 bits per heavy atom. The molecule has 5 heteroatoms. The van der Waals surface area contributed by atoms with E-state index >= 15 is 0 Å². The van der Waals surface area contributed by atoms with Crippen molar-refractivity contribution in [2.24, 2.45) is 11.8 Å². The Morgan fingerprint density at radius 1 is 0.867 bits per heavy atom. The lowest BCUT2D eigenvalue weighted by Crippen LogP contribution is -2.50. The van der Waals surface area contributed by atoms with Gasteiger partial charge in [-0.3, -0.25) is 9.59 Å². The van der Waals surface area contributed by atoms with Crippen LogP contribution in [0.25, 0.3) is 0 Å². The Kier molecular flexibility index (Phi) is 3.61. The van der Waals surface area contributed by atoms with Crippen molar-refractivity contribution in [3.8, 4) is 0 Å². The summed E-state index contributed by atoms with van der Waals surface area (Å²) in [5.41, 5.74) is 5.34. The van der Waals surface area contributed by atoms with Crippen LogP contribution in [-0.4, -0.2) is 11.8 Å². The number of carbonyl (C=O) groups excluding carboxylic acids is 2. The molecule has 2 atom stereocenters. The first-order chi connectivity index (χ1) is 14.4. The number of nitrogens with zero attached hydrogens (tertiary/aromatic N) is 1. The summed E-state index contributed by atoms with van der Waals surface area (Å²) in [6, 6.07) is 21.2. The average molecular weight is 434 g/mol. The van der Waals surface area contributed by atoms with E-state index in [2.05, 4.69) is 0 Å². The standard InChI is InChI=1S/C25H17Cl2NO2/c1-13-10-11-14(12-19(13)26)28-23(29)21-20-15-6-2-4-8-17(15)25(27,22(21)24(28)30)18-9-5-3-7-16(18)20/h2-12,20-22H,1H3/t20?,21-,22+,25?/m1/s1. The summed E-state index contributed by atoms with van der Waals surface area (Å²) in [5.74, 6) is -1.83. The van der Waals surface area contributed by atoms with E-state index in [9.17, 15) is 9.59 Å². The van der Waals surface area contributed by atoms with Crippen LogP contribution in [-0.2, 0) is 14.5 Å². The Hall–Kier alpha value is -2.62. The molecule has 1 aliphatic heterocycles. The smallest absolute Gasteiger partial charge is 0.240 e. The molecule has 0 aromatic heterocycles. The van der Waals surface area contributed by atoms with Crippen LogP contribution in [0.3, 0.4) is 0 Å². The van der Waals surface area contributed by atoms with E-state index in [4.69, 9.17) is 23.2 Å². The lowest BCUT2D eigenvalue weighted by Gasteiger charge is -2.50. The van der Waals surface area contributed by atoms with Gasteiger partial charge in [0.25, 0.3) is 0 Å². The summed E-state index contributed by atoms with van der Waals surface area (Å²) < 4.78 is 0. The SMILES string of the molecule is Cc1ccc(N2C(=O)[C@@H]3C4c5ccccc5C(Cl)(c5ccccc54)[C@@H]3C2=O)cc1Cl. The fraction of sp³-hybridized carbons (Fsp3) is 0.200. The summed E-state index contributed by atoms with van der Waals surface area (Å²) >= 11 is 13.7. The summed E-state index contributed by atoms with van der Waals surface area (Å²) in [6.07, 6.45) is 0. The minimum Gasteiger partial charge on any atom is -0.274 e. The number of amides is 2. The van der Waals surface area contributed by atoms with Crippen molar-refractivity contribution in [2.75, 3.05) is 4.90 Å². The highest BCUT2D eigenvalue weighted by atomic mass is 35.5. The summed E-state index contributed by atoms with van der Waals surface area (Å²) in [7, 11) is 0. The van der Waals surface area contributed by atoms with Gasteiger partial charge in [-0.1, -0.05) is 66.2 Å². The van der Waals surface area contributed by atoms with Gasteiger partial charge >= 0.3 is 0 Å². The number of hydrogen-bond acceptors (Lipinski definition) is 2. The second-order valence-corrected chi connectivity index (χ2v) is 9.32. The zero-order valence-corrected chi connectivity index (χ0v) is 17.6. The van der Waals surface area contributed by atoms with Gasteiger partial charge in [0.2, 0.25) is 11.8 Å². The van der Waals surface area contributed by atoms with Crippen molar-refractivity contribution in [3.63, 3.8) is 0 Å². The summed E-state index contributed by atoms with van der Waals surface area (Å²) in [5, 5.41) is 0.526. The second kappa shape index (κ2) is 5.96. The van der Waals surface area contributed by atoms with Crippen LogP contribution >= 0.6 is 23.2 Å². The number of hydrogen-bond donors (Lipinski definition) is 0. The molecule has 1 heterocycles. The van der Waals surface area contributed by atoms with Crippen LogP contribution < -0.4 is 4.90 Å². The molecule has 0 radical (unpaired) electrons. The first-order valence-corrected chi connectivity index (χ1v) is 10.7. The maximum Gasteiger partial charge on any atom is 0.240 e. The van der Waals surface area contributed by atoms with Gasteiger partial charge in [0.15, 0.2) is 0 Å². The third-order valence-corrected chi connectivity index (χ3v) is 7.98. The molecule has 30 heavy (non-hydrogen) atoms. The quantitative estimate of drug-likeness (QED) is 0.380. The topological polar surface area (TPSA) is 37.4 Å². The Labute approximate surface area is 184 Å². The maximum atomic E-state index is 13.7. The summed E-state index contributed by atoms with van der Waals surface area (Å²) in [4.78, 5) is 27.7. The molecule has 2 amide bonds. The van der Waals surface area contributed by atoms with Crippen molar-refractivity contribution in [1.29, 1.82) is 0 Å². The van der Waals surface area contributed by atoms with Gasteiger partial charge in [-0.25, -0.2) is 4.90 Å². The highest BCUT2D eigenvalue weighted by molar-refractivity contribution is 6.34.